The Morgan fingerprint density at radius 3 is 2.58 bits per heavy atom. The van der Waals surface area contributed by atoms with Gasteiger partial charge in [0.25, 0.3) is 10.0 Å². The van der Waals surface area contributed by atoms with Crippen LogP contribution in [0.25, 0.3) is 11.8 Å². The van der Waals surface area contributed by atoms with Crippen molar-refractivity contribution < 1.29 is 12.9 Å². The van der Waals surface area contributed by atoms with E-state index in [-0.39, 0.29) is 4.21 Å². The predicted molar refractivity (Wildman–Crippen MR) is 97.9 cm³/mol. The molecule has 0 unspecified atom stereocenters. The van der Waals surface area contributed by atoms with Gasteiger partial charge in [-0.2, -0.15) is 0 Å². The van der Waals surface area contributed by atoms with E-state index in [0.29, 0.717) is 21.6 Å². The Bertz CT molecular complexity index is 962. The van der Waals surface area contributed by atoms with Crippen molar-refractivity contribution in [3.8, 4) is 0 Å². The standard InChI is InChI=1S/C16H13BrN2O3S2/c1-11-15(17)16(22-18-11)13(10-12-6-3-2-4-7-12)19-24(20,21)14-8-5-9-23-14/h2-10,19H,1H3. The molecule has 5 nitrogen and oxygen atoms in total. The van der Waals surface area contributed by atoms with E-state index in [0.717, 1.165) is 16.9 Å². The molecule has 0 atom stereocenters. The van der Waals surface area contributed by atoms with Crippen LogP contribution in [0.5, 0.6) is 0 Å². The topological polar surface area (TPSA) is 72.2 Å². The van der Waals surface area contributed by atoms with Crippen LogP contribution in [0.1, 0.15) is 17.0 Å². The Labute approximate surface area is 152 Å². The third-order valence-corrected chi connectivity index (χ3v) is 6.85. The second kappa shape index (κ2) is 6.92. The van der Waals surface area contributed by atoms with Gasteiger partial charge in [0, 0.05) is 0 Å². The van der Waals surface area contributed by atoms with Crippen LogP contribution in [-0.4, -0.2) is 13.6 Å². The molecule has 0 saturated carbocycles. The molecule has 0 fully saturated rings. The number of sulfonamides is 1. The molecule has 1 aromatic carbocycles. The number of aromatic nitrogens is 1. The highest BCUT2D eigenvalue weighted by Gasteiger charge is 2.22. The zero-order chi connectivity index (χ0) is 17.2. The Morgan fingerprint density at radius 1 is 1.25 bits per heavy atom. The zero-order valence-corrected chi connectivity index (χ0v) is 15.8. The van der Waals surface area contributed by atoms with Crippen LogP contribution in [0.2, 0.25) is 0 Å². The van der Waals surface area contributed by atoms with Gasteiger partial charge in [0.2, 0.25) is 0 Å². The number of aryl methyl sites for hydroxylation is 1. The van der Waals surface area contributed by atoms with E-state index in [1.54, 1.807) is 30.5 Å². The monoisotopic (exact) mass is 424 g/mol. The Kier molecular flexibility index (Phi) is 4.88. The molecule has 0 amide bonds. The lowest BCUT2D eigenvalue weighted by molar-refractivity contribution is 0.404. The fourth-order valence-electron chi connectivity index (χ4n) is 1.99. The molecule has 124 valence electrons. The maximum Gasteiger partial charge on any atom is 0.271 e. The Morgan fingerprint density at radius 2 is 2.00 bits per heavy atom. The van der Waals surface area contributed by atoms with Gasteiger partial charge in [0.15, 0.2) is 5.76 Å². The molecule has 3 rings (SSSR count). The molecule has 0 radical (unpaired) electrons. The summed E-state index contributed by atoms with van der Waals surface area (Å²) in [4.78, 5) is 0. The molecule has 1 N–H and O–H groups in total. The summed E-state index contributed by atoms with van der Waals surface area (Å²) in [6.07, 6.45) is 1.70. The average Bonchev–Trinajstić information content (AvgIpc) is 3.20. The Balaban J connectivity index is 2.06. The molecule has 0 spiro atoms. The van der Waals surface area contributed by atoms with E-state index >= 15 is 0 Å². The molecule has 2 heterocycles. The van der Waals surface area contributed by atoms with E-state index < -0.39 is 10.0 Å². The average molecular weight is 425 g/mol. The van der Waals surface area contributed by atoms with Crippen molar-refractivity contribution >= 4 is 49.1 Å². The summed E-state index contributed by atoms with van der Waals surface area (Å²) >= 11 is 4.54. The molecule has 0 aliphatic rings. The SMILES string of the molecule is Cc1noc(C(=Cc2ccccc2)NS(=O)(=O)c2cccs2)c1Br. The van der Waals surface area contributed by atoms with Crippen LogP contribution in [-0.2, 0) is 10.0 Å². The summed E-state index contributed by atoms with van der Waals surface area (Å²) in [5.74, 6) is 0.330. The van der Waals surface area contributed by atoms with Gasteiger partial charge in [-0.3, -0.25) is 4.72 Å². The molecule has 0 bridgehead atoms. The fourth-order valence-corrected chi connectivity index (χ4v) is 4.40. The van der Waals surface area contributed by atoms with Crippen molar-refractivity contribution in [2.45, 2.75) is 11.1 Å². The number of nitrogens with one attached hydrogen (secondary N) is 1. The summed E-state index contributed by atoms with van der Waals surface area (Å²) in [7, 11) is -3.70. The van der Waals surface area contributed by atoms with Crippen LogP contribution in [0.4, 0.5) is 0 Å². The predicted octanol–water partition coefficient (Wildman–Crippen LogP) is 4.28. The van der Waals surface area contributed by atoms with E-state index in [1.807, 2.05) is 30.3 Å². The lowest BCUT2D eigenvalue weighted by Crippen LogP contribution is -2.21. The first-order valence-electron chi connectivity index (χ1n) is 6.92. The molecule has 0 aliphatic heterocycles. The van der Waals surface area contributed by atoms with E-state index in [2.05, 4.69) is 25.8 Å². The largest absolute Gasteiger partial charge is 0.353 e. The van der Waals surface area contributed by atoms with Gasteiger partial charge in [-0.05, 0) is 45.9 Å². The molecule has 0 aliphatic carbocycles. The third kappa shape index (κ3) is 3.61. The van der Waals surface area contributed by atoms with Gasteiger partial charge in [-0.15, -0.1) is 11.3 Å². The summed E-state index contributed by atoms with van der Waals surface area (Å²) in [5, 5.41) is 5.59. The number of benzene rings is 1. The van der Waals surface area contributed by atoms with Crippen LogP contribution in [0.15, 0.2) is 61.0 Å². The van der Waals surface area contributed by atoms with Crippen LogP contribution in [0.3, 0.4) is 0 Å². The maximum absolute atomic E-state index is 12.6. The summed E-state index contributed by atoms with van der Waals surface area (Å²) in [6, 6.07) is 12.6. The number of hydrogen-bond acceptors (Lipinski definition) is 5. The highest BCUT2D eigenvalue weighted by atomic mass is 79.9. The summed E-state index contributed by atoms with van der Waals surface area (Å²) in [5.41, 5.74) is 1.78. The highest BCUT2D eigenvalue weighted by Crippen LogP contribution is 2.29. The first kappa shape index (κ1) is 16.9. The molecule has 8 heteroatoms. The molecule has 2 aromatic heterocycles. The highest BCUT2D eigenvalue weighted by molar-refractivity contribution is 9.10. The molecule has 0 saturated heterocycles. The number of rotatable bonds is 5. The molecular weight excluding hydrogens is 412 g/mol. The van der Waals surface area contributed by atoms with Crippen LogP contribution in [0, 0.1) is 6.92 Å². The molecular formula is C16H13BrN2O3S2. The number of nitrogens with zero attached hydrogens (tertiary/aromatic N) is 1. The van der Waals surface area contributed by atoms with Crippen LogP contribution >= 0.6 is 27.3 Å². The first-order valence-corrected chi connectivity index (χ1v) is 10.1. The lowest BCUT2D eigenvalue weighted by atomic mass is 10.2. The molecule has 24 heavy (non-hydrogen) atoms. The van der Waals surface area contributed by atoms with Gasteiger partial charge < -0.3 is 4.52 Å². The van der Waals surface area contributed by atoms with Gasteiger partial charge >= 0.3 is 0 Å². The van der Waals surface area contributed by atoms with Crippen molar-refractivity contribution in [1.82, 2.24) is 9.88 Å². The minimum Gasteiger partial charge on any atom is -0.353 e. The van der Waals surface area contributed by atoms with E-state index in [1.165, 1.54) is 0 Å². The Hall–Kier alpha value is -1.90. The van der Waals surface area contributed by atoms with Gasteiger partial charge in [0.05, 0.1) is 15.9 Å². The van der Waals surface area contributed by atoms with Gasteiger partial charge in [-0.1, -0.05) is 41.6 Å². The van der Waals surface area contributed by atoms with Crippen LogP contribution < -0.4 is 4.72 Å². The van der Waals surface area contributed by atoms with Crippen molar-refractivity contribution in [3.05, 3.63) is 69.3 Å². The van der Waals surface area contributed by atoms with Crippen molar-refractivity contribution in [2.75, 3.05) is 0 Å². The normalized spacial score (nSPS) is 12.3. The molecule has 3 aromatic rings. The van der Waals surface area contributed by atoms with Gasteiger partial charge in [0.1, 0.15) is 4.21 Å². The minimum atomic E-state index is -3.70. The summed E-state index contributed by atoms with van der Waals surface area (Å²) < 4.78 is 33.9. The van der Waals surface area contributed by atoms with Gasteiger partial charge in [-0.25, -0.2) is 8.42 Å². The number of hydrogen-bond donors (Lipinski definition) is 1. The quantitative estimate of drug-likeness (QED) is 0.662. The maximum atomic E-state index is 12.6. The third-order valence-electron chi connectivity index (χ3n) is 3.15. The smallest absolute Gasteiger partial charge is 0.271 e. The van der Waals surface area contributed by atoms with E-state index in [9.17, 15) is 8.42 Å². The fraction of sp³-hybridized carbons (Fsp3) is 0.0625. The lowest BCUT2D eigenvalue weighted by Gasteiger charge is -2.09. The van der Waals surface area contributed by atoms with Crippen molar-refractivity contribution in [3.63, 3.8) is 0 Å². The van der Waals surface area contributed by atoms with Crippen molar-refractivity contribution in [1.29, 1.82) is 0 Å². The second-order valence-corrected chi connectivity index (χ2v) is 8.57. The van der Waals surface area contributed by atoms with Crippen molar-refractivity contribution in [2.24, 2.45) is 0 Å². The number of halogens is 1. The van der Waals surface area contributed by atoms with E-state index in [4.69, 9.17) is 4.52 Å². The zero-order valence-electron chi connectivity index (χ0n) is 12.6. The summed E-state index contributed by atoms with van der Waals surface area (Å²) in [6.45, 7) is 1.77. The first-order chi connectivity index (χ1) is 11.5. The minimum absolute atomic E-state index is 0.230. The second-order valence-electron chi connectivity index (χ2n) is 4.92. The number of thiophene rings is 1.